The molecule has 0 aliphatic carbocycles. The molecule has 216 valence electrons. The fraction of sp³-hybridized carbons (Fsp3) is 0.966. The minimum absolute atomic E-state index is 0.0104. The third-order valence-corrected chi connectivity index (χ3v) is 7.86. The maximum atomic E-state index is 12.2. The van der Waals surface area contributed by atoms with E-state index in [4.69, 9.17) is 9.05 Å². The molecule has 0 saturated carbocycles. The maximum absolute atomic E-state index is 12.2. The van der Waals surface area contributed by atoms with Crippen molar-refractivity contribution in [3.8, 4) is 0 Å². The Morgan fingerprint density at radius 3 is 1.72 bits per heavy atom. The summed E-state index contributed by atoms with van der Waals surface area (Å²) in [4.78, 5) is 22.1. The zero-order valence-electron chi connectivity index (χ0n) is 24.2. The predicted octanol–water partition coefficient (Wildman–Crippen LogP) is 7.73. The number of unbranched alkanes of at least 4 members (excludes halogenated alkanes) is 15. The summed E-state index contributed by atoms with van der Waals surface area (Å²) >= 11 is 0. The summed E-state index contributed by atoms with van der Waals surface area (Å²) in [6.07, 6.45) is 24.7. The van der Waals surface area contributed by atoms with Crippen LogP contribution in [0.25, 0.3) is 0 Å². The third kappa shape index (κ3) is 25.4. The summed E-state index contributed by atoms with van der Waals surface area (Å²) in [6.45, 7) is 5.43. The molecule has 0 bridgehead atoms. The van der Waals surface area contributed by atoms with Crippen molar-refractivity contribution in [1.82, 2.24) is 0 Å². The number of nitrogens with two attached hydrogens (primary N) is 1. The average molecular weight is 535 g/mol. The molecule has 0 aromatic carbocycles. The van der Waals surface area contributed by atoms with Crippen LogP contribution in [-0.2, 0) is 18.4 Å². The lowest BCUT2D eigenvalue weighted by Gasteiger charge is -2.18. The highest BCUT2D eigenvalue weighted by atomic mass is 31.2. The summed E-state index contributed by atoms with van der Waals surface area (Å²) < 4.78 is 22.4. The topological polar surface area (TPSA) is 89.4 Å². The molecule has 6 nitrogen and oxygen atoms in total. The first-order valence-electron chi connectivity index (χ1n) is 15.4. The van der Waals surface area contributed by atoms with E-state index in [1.54, 1.807) is 0 Å². The Labute approximate surface area is 223 Å². The van der Waals surface area contributed by atoms with Gasteiger partial charge in [0, 0.05) is 19.3 Å². The van der Waals surface area contributed by atoms with Crippen molar-refractivity contribution in [2.24, 2.45) is 5.92 Å². The molecule has 0 aromatic rings. The van der Waals surface area contributed by atoms with Crippen LogP contribution in [0, 0.1) is 5.92 Å². The number of rotatable bonds is 29. The van der Waals surface area contributed by atoms with E-state index in [9.17, 15) is 14.3 Å². The molecule has 7 heteroatoms. The van der Waals surface area contributed by atoms with E-state index in [1.807, 2.05) is 19.3 Å². The molecule has 0 amide bonds. The van der Waals surface area contributed by atoms with Crippen molar-refractivity contribution in [2.45, 2.75) is 149 Å². The van der Waals surface area contributed by atoms with Gasteiger partial charge in [-0.25, -0.2) is 4.57 Å². The monoisotopic (exact) mass is 534 g/mol. The standard InChI is InChI=1S/C29H60NO5P/c1-4-6-7-8-9-10-11-12-13-14-15-16-17-18-19-20-23-28(26-29(31)22-5-2)27-35-36(32,33)34-25-21-24-30-3/h28,30H,4-27H2,1-3H3,(H,32,33)/p+1. The van der Waals surface area contributed by atoms with E-state index in [1.165, 1.54) is 89.9 Å². The zero-order valence-corrected chi connectivity index (χ0v) is 25.0. The molecule has 0 spiro atoms. The van der Waals surface area contributed by atoms with Gasteiger partial charge in [0.2, 0.25) is 0 Å². The van der Waals surface area contributed by atoms with E-state index in [-0.39, 0.29) is 24.9 Å². The van der Waals surface area contributed by atoms with E-state index in [0.29, 0.717) is 19.3 Å². The Kier molecular flexibility index (Phi) is 26.2. The van der Waals surface area contributed by atoms with Gasteiger partial charge in [-0.3, -0.25) is 13.8 Å². The zero-order chi connectivity index (χ0) is 26.7. The second-order valence-electron chi connectivity index (χ2n) is 10.6. The number of ketones is 1. The van der Waals surface area contributed by atoms with Gasteiger partial charge in [-0.15, -0.1) is 0 Å². The van der Waals surface area contributed by atoms with E-state index in [2.05, 4.69) is 6.92 Å². The Morgan fingerprint density at radius 1 is 0.750 bits per heavy atom. The number of Topliss-reactive ketones (excluding diaryl/α,β-unsaturated/α-hetero) is 1. The normalized spacial score (nSPS) is 14.1. The third-order valence-electron chi connectivity index (χ3n) is 6.88. The van der Waals surface area contributed by atoms with Crippen LogP contribution in [0.2, 0.25) is 0 Å². The van der Waals surface area contributed by atoms with Crippen LogP contribution in [0.5, 0.6) is 0 Å². The molecule has 0 aliphatic rings. The van der Waals surface area contributed by atoms with Gasteiger partial charge >= 0.3 is 7.82 Å². The van der Waals surface area contributed by atoms with Crippen LogP contribution in [0.3, 0.4) is 0 Å². The second-order valence-corrected chi connectivity index (χ2v) is 12.1. The first kappa shape index (κ1) is 35.7. The van der Waals surface area contributed by atoms with Crippen molar-refractivity contribution in [3.63, 3.8) is 0 Å². The largest absolute Gasteiger partial charge is 0.472 e. The SMILES string of the molecule is CCCCCCCCCCCCCCCCCCC(COP(=O)(O)OCCC[NH2+]C)CC(=O)CCC. The minimum Gasteiger partial charge on any atom is -0.349 e. The van der Waals surface area contributed by atoms with Crippen LogP contribution in [0.15, 0.2) is 0 Å². The highest BCUT2D eigenvalue weighted by Gasteiger charge is 2.24. The van der Waals surface area contributed by atoms with E-state index in [0.717, 1.165) is 32.2 Å². The molecule has 36 heavy (non-hydrogen) atoms. The summed E-state index contributed by atoms with van der Waals surface area (Å²) in [5.74, 6) is 0.207. The highest BCUT2D eigenvalue weighted by Crippen LogP contribution is 2.44. The van der Waals surface area contributed by atoms with Crippen molar-refractivity contribution < 1.29 is 28.6 Å². The predicted molar refractivity (Wildman–Crippen MR) is 151 cm³/mol. The summed E-state index contributed by atoms with van der Waals surface area (Å²) in [7, 11) is -2.10. The molecule has 2 atom stereocenters. The fourth-order valence-corrected chi connectivity index (χ4v) is 5.47. The van der Waals surface area contributed by atoms with Gasteiger partial charge in [-0.2, -0.15) is 0 Å². The van der Waals surface area contributed by atoms with Crippen LogP contribution >= 0.6 is 7.82 Å². The van der Waals surface area contributed by atoms with Gasteiger partial charge in [0.1, 0.15) is 5.78 Å². The number of phosphoric acid groups is 1. The minimum atomic E-state index is -4.05. The van der Waals surface area contributed by atoms with Gasteiger partial charge in [-0.1, -0.05) is 117 Å². The number of hydrogen-bond acceptors (Lipinski definition) is 4. The van der Waals surface area contributed by atoms with Crippen molar-refractivity contribution in [1.29, 1.82) is 0 Å². The number of quaternary nitrogens is 1. The molecule has 0 saturated heterocycles. The van der Waals surface area contributed by atoms with Crippen LogP contribution in [-0.4, -0.2) is 37.5 Å². The van der Waals surface area contributed by atoms with Gasteiger partial charge < -0.3 is 10.2 Å². The molecule has 0 aliphatic heterocycles. The molecule has 0 radical (unpaired) electrons. The van der Waals surface area contributed by atoms with Gasteiger partial charge in [0.15, 0.2) is 0 Å². The highest BCUT2D eigenvalue weighted by molar-refractivity contribution is 7.47. The number of carbonyl (C=O) groups excluding carboxylic acids is 1. The van der Waals surface area contributed by atoms with Crippen LogP contribution in [0.1, 0.15) is 149 Å². The lowest BCUT2D eigenvalue weighted by molar-refractivity contribution is -0.627. The Hall–Kier alpha value is -0.260. The molecular weight excluding hydrogens is 473 g/mol. The van der Waals surface area contributed by atoms with Gasteiger partial charge in [0.25, 0.3) is 0 Å². The van der Waals surface area contributed by atoms with Gasteiger partial charge in [0.05, 0.1) is 26.8 Å². The van der Waals surface area contributed by atoms with E-state index < -0.39 is 7.82 Å². The number of phosphoric ester groups is 1. The number of hydrogen-bond donors (Lipinski definition) is 2. The summed E-state index contributed by atoms with van der Waals surface area (Å²) in [6, 6.07) is 0. The molecule has 0 fully saturated rings. The van der Waals surface area contributed by atoms with Crippen molar-refractivity contribution in [2.75, 3.05) is 26.8 Å². The van der Waals surface area contributed by atoms with E-state index >= 15 is 0 Å². The lowest BCUT2D eigenvalue weighted by atomic mass is 9.94. The Bertz CT molecular complexity index is 532. The Morgan fingerprint density at radius 2 is 1.25 bits per heavy atom. The first-order valence-corrected chi connectivity index (χ1v) is 16.9. The molecule has 0 heterocycles. The number of carbonyl (C=O) groups is 1. The van der Waals surface area contributed by atoms with Crippen LogP contribution < -0.4 is 5.32 Å². The molecule has 0 aromatic heterocycles. The van der Waals surface area contributed by atoms with Gasteiger partial charge in [-0.05, 0) is 18.8 Å². The lowest BCUT2D eigenvalue weighted by Crippen LogP contribution is -2.79. The smallest absolute Gasteiger partial charge is 0.349 e. The molecular formula is C29H61NO5P+. The van der Waals surface area contributed by atoms with Crippen molar-refractivity contribution >= 4 is 13.6 Å². The molecule has 2 unspecified atom stereocenters. The van der Waals surface area contributed by atoms with Crippen LogP contribution in [0.4, 0.5) is 0 Å². The quantitative estimate of drug-likeness (QED) is 0.0757. The molecule has 0 rings (SSSR count). The fourth-order valence-electron chi connectivity index (χ4n) is 4.63. The molecule has 3 N–H and O–H groups in total. The maximum Gasteiger partial charge on any atom is 0.472 e. The summed E-state index contributed by atoms with van der Waals surface area (Å²) in [5, 5.41) is 2.00. The van der Waals surface area contributed by atoms with Crippen molar-refractivity contribution in [3.05, 3.63) is 0 Å². The first-order chi connectivity index (χ1) is 17.4. The second kappa shape index (κ2) is 26.4. The Balaban J connectivity index is 3.88. The average Bonchev–Trinajstić information content (AvgIpc) is 2.85. The summed E-state index contributed by atoms with van der Waals surface area (Å²) in [5.41, 5.74) is 0.